The van der Waals surface area contributed by atoms with Crippen molar-refractivity contribution in [3.05, 3.63) is 74.7 Å². The van der Waals surface area contributed by atoms with Gasteiger partial charge in [-0.3, -0.25) is 19.1 Å². The quantitative estimate of drug-likeness (QED) is 0.699. The van der Waals surface area contributed by atoms with Crippen molar-refractivity contribution in [3.63, 3.8) is 0 Å². The fourth-order valence-corrected chi connectivity index (χ4v) is 4.03. The average Bonchev–Trinajstić information content (AvgIpc) is 2.69. The lowest BCUT2D eigenvalue weighted by molar-refractivity contribution is 0.166. The van der Waals surface area contributed by atoms with Crippen LogP contribution in [0.2, 0.25) is 0 Å². The Hall–Kier alpha value is -2.73. The highest BCUT2D eigenvalue weighted by Crippen LogP contribution is 2.21. The van der Waals surface area contributed by atoms with Gasteiger partial charge in [-0.25, -0.2) is 4.98 Å². The molecule has 28 heavy (non-hydrogen) atoms. The summed E-state index contributed by atoms with van der Waals surface area (Å²) in [5.74, 6) is 1.26. The molecule has 1 aliphatic rings. The summed E-state index contributed by atoms with van der Waals surface area (Å²) in [6, 6.07) is 11.3. The Labute approximate surface area is 164 Å². The van der Waals surface area contributed by atoms with Crippen LogP contribution in [0.15, 0.2) is 52.2 Å². The fourth-order valence-electron chi connectivity index (χ4n) is 4.03. The van der Waals surface area contributed by atoms with E-state index in [1.165, 1.54) is 0 Å². The summed E-state index contributed by atoms with van der Waals surface area (Å²) in [4.78, 5) is 31.7. The van der Waals surface area contributed by atoms with Gasteiger partial charge in [-0.1, -0.05) is 12.1 Å². The number of fused-ring (bicyclic) bond motifs is 1. The van der Waals surface area contributed by atoms with Gasteiger partial charge in [0.15, 0.2) is 0 Å². The molecule has 0 aliphatic carbocycles. The summed E-state index contributed by atoms with van der Waals surface area (Å²) in [7, 11) is 1.77. The minimum atomic E-state index is 0.0334. The molecule has 0 spiro atoms. The number of pyridine rings is 1. The molecule has 0 unspecified atom stereocenters. The third-order valence-corrected chi connectivity index (χ3v) is 5.78. The largest absolute Gasteiger partial charge is 0.319 e. The lowest BCUT2D eigenvalue weighted by Crippen LogP contribution is -2.36. The van der Waals surface area contributed by atoms with Gasteiger partial charge in [0.2, 0.25) is 0 Å². The molecule has 0 atom stereocenters. The molecular weight excluding hydrogens is 352 g/mol. The third kappa shape index (κ3) is 3.78. The van der Waals surface area contributed by atoms with E-state index < -0.39 is 0 Å². The smallest absolute Gasteiger partial charge is 0.261 e. The summed E-state index contributed by atoms with van der Waals surface area (Å²) < 4.78 is 3.43. The van der Waals surface area contributed by atoms with Gasteiger partial charge in [-0.2, -0.15) is 0 Å². The molecule has 0 bridgehead atoms. The van der Waals surface area contributed by atoms with E-state index in [0.29, 0.717) is 11.3 Å². The van der Waals surface area contributed by atoms with E-state index in [4.69, 9.17) is 0 Å². The molecule has 3 heterocycles. The molecule has 6 nitrogen and oxygen atoms in total. The summed E-state index contributed by atoms with van der Waals surface area (Å²) in [5.41, 5.74) is 1.93. The standard InChI is InChI=1S/C22H26N4O2/c1-16-23-20-6-4-3-5-19(20)22(28)26(16)15-17-8-11-25(12-9-17)14-18-7-10-24(2)21(27)13-18/h3-7,10,13,17H,8-9,11-12,14-15H2,1-2H3. The number of aromatic nitrogens is 3. The molecule has 4 rings (SSSR count). The second-order valence-electron chi connectivity index (χ2n) is 7.80. The van der Waals surface area contributed by atoms with Gasteiger partial charge in [0.05, 0.1) is 10.9 Å². The van der Waals surface area contributed by atoms with Crippen LogP contribution in [0.5, 0.6) is 0 Å². The maximum absolute atomic E-state index is 12.9. The summed E-state index contributed by atoms with van der Waals surface area (Å²) >= 11 is 0. The number of likely N-dealkylation sites (tertiary alicyclic amines) is 1. The summed E-state index contributed by atoms with van der Waals surface area (Å²) in [6.07, 6.45) is 3.92. The van der Waals surface area contributed by atoms with Gasteiger partial charge in [0, 0.05) is 32.4 Å². The number of rotatable bonds is 4. The molecule has 6 heteroatoms. The van der Waals surface area contributed by atoms with Crippen molar-refractivity contribution >= 4 is 10.9 Å². The lowest BCUT2D eigenvalue weighted by atomic mass is 9.96. The van der Waals surface area contributed by atoms with Crippen molar-refractivity contribution in [1.29, 1.82) is 0 Å². The number of hydrogen-bond acceptors (Lipinski definition) is 4. The van der Waals surface area contributed by atoms with Gasteiger partial charge in [0.25, 0.3) is 11.1 Å². The van der Waals surface area contributed by atoms with Crippen LogP contribution in [0.1, 0.15) is 24.2 Å². The Kier molecular flexibility index (Phi) is 5.13. The van der Waals surface area contributed by atoms with Crippen molar-refractivity contribution in [3.8, 4) is 0 Å². The van der Waals surface area contributed by atoms with Crippen molar-refractivity contribution < 1.29 is 0 Å². The number of aryl methyl sites for hydroxylation is 2. The third-order valence-electron chi connectivity index (χ3n) is 5.78. The van der Waals surface area contributed by atoms with Crippen molar-refractivity contribution in [1.82, 2.24) is 19.0 Å². The van der Waals surface area contributed by atoms with E-state index in [9.17, 15) is 9.59 Å². The van der Waals surface area contributed by atoms with Gasteiger partial charge in [-0.05, 0) is 62.5 Å². The SMILES string of the molecule is Cc1nc2ccccc2c(=O)n1CC1CCN(Cc2ccn(C)c(=O)c2)CC1. The Morgan fingerprint density at radius 1 is 1.11 bits per heavy atom. The highest BCUT2D eigenvalue weighted by molar-refractivity contribution is 5.77. The minimum Gasteiger partial charge on any atom is -0.319 e. The van der Waals surface area contributed by atoms with E-state index in [1.807, 2.05) is 48.0 Å². The first-order valence-electron chi connectivity index (χ1n) is 9.85. The molecule has 0 radical (unpaired) electrons. The maximum Gasteiger partial charge on any atom is 0.261 e. The van der Waals surface area contributed by atoms with E-state index >= 15 is 0 Å². The predicted molar refractivity (Wildman–Crippen MR) is 110 cm³/mol. The molecule has 0 saturated carbocycles. The van der Waals surface area contributed by atoms with Crippen molar-refractivity contribution in [2.45, 2.75) is 32.9 Å². The van der Waals surface area contributed by atoms with Gasteiger partial charge < -0.3 is 4.57 Å². The first-order chi connectivity index (χ1) is 13.5. The van der Waals surface area contributed by atoms with Crippen LogP contribution in [-0.2, 0) is 20.1 Å². The number of para-hydroxylation sites is 1. The summed E-state index contributed by atoms with van der Waals surface area (Å²) in [5, 5.41) is 0.691. The van der Waals surface area contributed by atoms with Crippen LogP contribution in [0, 0.1) is 12.8 Å². The predicted octanol–water partition coefficient (Wildman–Crippen LogP) is 2.32. The first-order valence-corrected chi connectivity index (χ1v) is 9.85. The molecule has 2 aromatic heterocycles. The number of hydrogen-bond donors (Lipinski definition) is 0. The number of nitrogens with zero attached hydrogens (tertiary/aromatic N) is 4. The van der Waals surface area contributed by atoms with Crippen LogP contribution in [0.4, 0.5) is 0 Å². The average molecular weight is 378 g/mol. The first kappa shape index (κ1) is 18.6. The highest BCUT2D eigenvalue weighted by atomic mass is 16.1. The summed E-state index contributed by atoms with van der Waals surface area (Å²) in [6.45, 7) is 5.41. The monoisotopic (exact) mass is 378 g/mol. The van der Waals surface area contributed by atoms with Gasteiger partial charge >= 0.3 is 0 Å². The number of benzene rings is 1. The molecule has 146 valence electrons. The number of piperidine rings is 1. The van der Waals surface area contributed by atoms with Crippen molar-refractivity contribution in [2.75, 3.05) is 13.1 Å². The van der Waals surface area contributed by atoms with Crippen LogP contribution in [-0.4, -0.2) is 32.1 Å². The van der Waals surface area contributed by atoms with Crippen molar-refractivity contribution in [2.24, 2.45) is 13.0 Å². The highest BCUT2D eigenvalue weighted by Gasteiger charge is 2.21. The Morgan fingerprint density at radius 2 is 1.86 bits per heavy atom. The zero-order chi connectivity index (χ0) is 19.7. The van der Waals surface area contributed by atoms with Gasteiger partial charge in [0.1, 0.15) is 5.82 Å². The molecule has 0 N–H and O–H groups in total. The van der Waals surface area contributed by atoms with Crippen LogP contribution in [0.3, 0.4) is 0 Å². The Bertz CT molecular complexity index is 1110. The molecule has 1 saturated heterocycles. The van der Waals surface area contributed by atoms with Crippen LogP contribution in [0.25, 0.3) is 10.9 Å². The van der Waals surface area contributed by atoms with E-state index in [-0.39, 0.29) is 11.1 Å². The second-order valence-corrected chi connectivity index (χ2v) is 7.80. The molecule has 1 fully saturated rings. The minimum absolute atomic E-state index is 0.0334. The maximum atomic E-state index is 12.9. The zero-order valence-corrected chi connectivity index (χ0v) is 16.5. The molecule has 0 amide bonds. The van der Waals surface area contributed by atoms with Gasteiger partial charge in [-0.15, -0.1) is 0 Å². The normalized spacial score (nSPS) is 15.9. The van der Waals surface area contributed by atoms with E-state index in [1.54, 1.807) is 17.7 Å². The molecule has 1 aliphatic heterocycles. The topological polar surface area (TPSA) is 60.1 Å². The van der Waals surface area contributed by atoms with Crippen LogP contribution >= 0.6 is 0 Å². The Morgan fingerprint density at radius 3 is 2.61 bits per heavy atom. The molecule has 1 aromatic carbocycles. The fraction of sp³-hybridized carbons (Fsp3) is 0.409. The van der Waals surface area contributed by atoms with E-state index in [2.05, 4.69) is 9.88 Å². The van der Waals surface area contributed by atoms with Crippen LogP contribution < -0.4 is 11.1 Å². The van der Waals surface area contributed by atoms with E-state index in [0.717, 1.165) is 55.9 Å². The molecular formula is C22H26N4O2. The lowest BCUT2D eigenvalue weighted by Gasteiger charge is -2.32. The Balaban J connectivity index is 1.42. The second kappa shape index (κ2) is 7.72. The molecule has 3 aromatic rings. The zero-order valence-electron chi connectivity index (χ0n) is 16.5.